The SMILES string of the molecule is Cc1nc(-c2ccc(NC(=O)Cc3cc(Cl)c4c(c3)OCCCO4)cc2)cs1. The molecule has 3 aromatic rings. The highest BCUT2D eigenvalue weighted by Gasteiger charge is 2.17. The van der Waals surface area contributed by atoms with E-state index in [1.807, 2.05) is 42.6 Å². The minimum atomic E-state index is -0.122. The average molecular weight is 415 g/mol. The molecule has 4 rings (SSSR count). The van der Waals surface area contributed by atoms with E-state index in [1.54, 1.807) is 17.4 Å². The first kappa shape index (κ1) is 18.8. The number of carbonyl (C=O) groups excluding carboxylic acids is 1. The van der Waals surface area contributed by atoms with Crippen LogP contribution in [0.25, 0.3) is 11.3 Å². The van der Waals surface area contributed by atoms with Gasteiger partial charge in [0.05, 0.1) is 35.4 Å². The number of aryl methyl sites for hydroxylation is 1. The number of halogens is 1. The molecule has 0 aliphatic carbocycles. The van der Waals surface area contributed by atoms with Gasteiger partial charge in [-0.1, -0.05) is 23.7 Å². The number of aromatic nitrogens is 1. The van der Waals surface area contributed by atoms with Crippen LogP contribution in [0.15, 0.2) is 41.8 Å². The number of amides is 1. The molecule has 0 spiro atoms. The number of fused-ring (bicyclic) bond motifs is 1. The number of ether oxygens (including phenoxy) is 2. The van der Waals surface area contributed by atoms with Crippen molar-refractivity contribution >= 4 is 34.5 Å². The highest BCUT2D eigenvalue weighted by molar-refractivity contribution is 7.09. The molecule has 0 saturated carbocycles. The molecule has 7 heteroatoms. The van der Waals surface area contributed by atoms with Gasteiger partial charge in [-0.05, 0) is 36.8 Å². The Bertz CT molecular complexity index is 1000. The smallest absolute Gasteiger partial charge is 0.228 e. The number of carbonyl (C=O) groups is 1. The van der Waals surface area contributed by atoms with Gasteiger partial charge in [0, 0.05) is 23.1 Å². The van der Waals surface area contributed by atoms with Crippen molar-refractivity contribution in [2.24, 2.45) is 0 Å². The first-order valence-electron chi connectivity index (χ1n) is 8.99. The van der Waals surface area contributed by atoms with Crippen molar-refractivity contribution in [3.8, 4) is 22.8 Å². The largest absolute Gasteiger partial charge is 0.489 e. The Kier molecular flexibility index (Phi) is 5.50. The predicted octanol–water partition coefficient (Wildman–Crippen LogP) is 5.11. The van der Waals surface area contributed by atoms with Crippen LogP contribution in [0, 0.1) is 6.92 Å². The van der Waals surface area contributed by atoms with Gasteiger partial charge in [-0.2, -0.15) is 0 Å². The second-order valence-corrected chi connectivity index (χ2v) is 7.98. The zero-order valence-corrected chi connectivity index (χ0v) is 16.9. The molecule has 1 aromatic heterocycles. The van der Waals surface area contributed by atoms with E-state index in [4.69, 9.17) is 21.1 Å². The first-order valence-corrected chi connectivity index (χ1v) is 10.2. The summed E-state index contributed by atoms with van der Waals surface area (Å²) in [7, 11) is 0. The molecular weight excluding hydrogens is 396 g/mol. The van der Waals surface area contributed by atoms with Crippen molar-refractivity contribution in [2.75, 3.05) is 18.5 Å². The molecule has 0 unspecified atom stereocenters. The fraction of sp³-hybridized carbons (Fsp3) is 0.238. The number of hydrogen-bond donors (Lipinski definition) is 1. The summed E-state index contributed by atoms with van der Waals surface area (Å²) in [6.07, 6.45) is 1.00. The molecule has 0 bridgehead atoms. The third-order valence-electron chi connectivity index (χ3n) is 4.31. The molecule has 0 atom stereocenters. The summed E-state index contributed by atoms with van der Waals surface area (Å²) in [4.78, 5) is 16.9. The van der Waals surface area contributed by atoms with Crippen LogP contribution in [0.5, 0.6) is 11.5 Å². The van der Waals surface area contributed by atoms with Crippen LogP contribution in [0.3, 0.4) is 0 Å². The number of rotatable bonds is 4. The van der Waals surface area contributed by atoms with Crippen molar-refractivity contribution < 1.29 is 14.3 Å². The van der Waals surface area contributed by atoms with Crippen LogP contribution >= 0.6 is 22.9 Å². The molecule has 0 saturated heterocycles. The van der Waals surface area contributed by atoms with Gasteiger partial charge in [0.25, 0.3) is 0 Å². The quantitative estimate of drug-likeness (QED) is 0.644. The van der Waals surface area contributed by atoms with E-state index in [9.17, 15) is 4.79 Å². The zero-order chi connectivity index (χ0) is 19.5. The van der Waals surface area contributed by atoms with Crippen molar-refractivity contribution in [1.29, 1.82) is 0 Å². The second kappa shape index (κ2) is 8.20. The molecule has 1 amide bonds. The van der Waals surface area contributed by atoms with E-state index in [0.717, 1.165) is 33.9 Å². The minimum absolute atomic E-state index is 0.122. The van der Waals surface area contributed by atoms with Gasteiger partial charge in [0.15, 0.2) is 11.5 Å². The summed E-state index contributed by atoms with van der Waals surface area (Å²) >= 11 is 7.92. The van der Waals surface area contributed by atoms with E-state index >= 15 is 0 Å². The Morgan fingerprint density at radius 3 is 2.75 bits per heavy atom. The van der Waals surface area contributed by atoms with Crippen LogP contribution in [0.4, 0.5) is 5.69 Å². The molecule has 144 valence electrons. The molecule has 1 aliphatic rings. The highest BCUT2D eigenvalue weighted by Crippen LogP contribution is 2.38. The highest BCUT2D eigenvalue weighted by atomic mass is 35.5. The van der Waals surface area contributed by atoms with Gasteiger partial charge in [-0.25, -0.2) is 4.98 Å². The van der Waals surface area contributed by atoms with Crippen molar-refractivity contribution in [2.45, 2.75) is 19.8 Å². The summed E-state index contributed by atoms with van der Waals surface area (Å²) in [6.45, 7) is 3.13. The normalized spacial score (nSPS) is 13.1. The maximum atomic E-state index is 12.5. The van der Waals surface area contributed by atoms with Gasteiger partial charge in [0.1, 0.15) is 0 Å². The average Bonchev–Trinajstić information content (AvgIpc) is 2.95. The van der Waals surface area contributed by atoms with Gasteiger partial charge in [-0.3, -0.25) is 4.79 Å². The van der Waals surface area contributed by atoms with Crippen LogP contribution in [-0.2, 0) is 11.2 Å². The van der Waals surface area contributed by atoms with Crippen molar-refractivity contribution in [1.82, 2.24) is 4.98 Å². The monoisotopic (exact) mass is 414 g/mol. The molecule has 2 aromatic carbocycles. The summed E-state index contributed by atoms with van der Waals surface area (Å²) < 4.78 is 11.3. The Hall–Kier alpha value is -2.57. The lowest BCUT2D eigenvalue weighted by molar-refractivity contribution is -0.115. The third-order valence-corrected chi connectivity index (χ3v) is 5.36. The Balaban J connectivity index is 1.43. The zero-order valence-electron chi connectivity index (χ0n) is 15.3. The van der Waals surface area contributed by atoms with Gasteiger partial charge < -0.3 is 14.8 Å². The number of nitrogens with one attached hydrogen (secondary N) is 1. The first-order chi connectivity index (χ1) is 13.6. The fourth-order valence-corrected chi connectivity index (χ4v) is 3.91. The van der Waals surface area contributed by atoms with Crippen molar-refractivity contribution in [3.05, 3.63) is 57.4 Å². The lowest BCUT2D eigenvalue weighted by atomic mass is 10.1. The summed E-state index contributed by atoms with van der Waals surface area (Å²) in [5.41, 5.74) is 3.49. The molecule has 0 radical (unpaired) electrons. The topological polar surface area (TPSA) is 60.5 Å². The van der Waals surface area contributed by atoms with E-state index in [0.29, 0.717) is 29.7 Å². The Morgan fingerprint density at radius 1 is 1.21 bits per heavy atom. The number of nitrogens with zero attached hydrogens (tertiary/aromatic N) is 1. The van der Waals surface area contributed by atoms with Crippen LogP contribution in [0.1, 0.15) is 17.0 Å². The lowest BCUT2D eigenvalue weighted by Gasteiger charge is -2.12. The Morgan fingerprint density at radius 2 is 2.00 bits per heavy atom. The minimum Gasteiger partial charge on any atom is -0.489 e. The van der Waals surface area contributed by atoms with E-state index < -0.39 is 0 Å². The lowest BCUT2D eigenvalue weighted by Crippen LogP contribution is -2.14. The van der Waals surface area contributed by atoms with Crippen LogP contribution < -0.4 is 14.8 Å². The maximum Gasteiger partial charge on any atom is 0.228 e. The standard InChI is InChI=1S/C21H19ClN2O3S/c1-13-23-18(12-28-13)15-3-5-16(6-4-15)24-20(25)11-14-9-17(22)21-19(10-14)26-7-2-8-27-21/h3-6,9-10,12H,2,7-8,11H2,1H3,(H,24,25). The second-order valence-electron chi connectivity index (χ2n) is 6.51. The molecule has 1 aliphatic heterocycles. The molecule has 5 nitrogen and oxygen atoms in total. The van der Waals surface area contributed by atoms with Gasteiger partial charge in [-0.15, -0.1) is 11.3 Å². The maximum absolute atomic E-state index is 12.5. The van der Waals surface area contributed by atoms with Gasteiger partial charge >= 0.3 is 0 Å². The van der Waals surface area contributed by atoms with Crippen molar-refractivity contribution in [3.63, 3.8) is 0 Å². The molecule has 0 fully saturated rings. The number of hydrogen-bond acceptors (Lipinski definition) is 5. The van der Waals surface area contributed by atoms with E-state index in [2.05, 4.69) is 10.3 Å². The fourth-order valence-electron chi connectivity index (χ4n) is 3.00. The molecular formula is C21H19ClN2O3S. The number of anilines is 1. The third kappa shape index (κ3) is 4.29. The Labute approximate surface area is 172 Å². The molecule has 2 heterocycles. The van der Waals surface area contributed by atoms with Crippen LogP contribution in [0.2, 0.25) is 5.02 Å². The summed E-state index contributed by atoms with van der Waals surface area (Å²) in [5.74, 6) is 1.02. The number of thiazole rings is 1. The number of benzene rings is 2. The van der Waals surface area contributed by atoms with Gasteiger partial charge in [0.2, 0.25) is 5.91 Å². The summed E-state index contributed by atoms with van der Waals surface area (Å²) in [5, 5.41) is 6.43. The van der Waals surface area contributed by atoms with E-state index in [-0.39, 0.29) is 12.3 Å². The molecule has 1 N–H and O–H groups in total. The van der Waals surface area contributed by atoms with E-state index in [1.165, 1.54) is 0 Å². The predicted molar refractivity (Wildman–Crippen MR) is 112 cm³/mol. The van der Waals surface area contributed by atoms with Crippen LogP contribution in [-0.4, -0.2) is 24.1 Å². The molecule has 28 heavy (non-hydrogen) atoms. The summed E-state index contributed by atoms with van der Waals surface area (Å²) in [6, 6.07) is 11.2.